The number of nitrogens with zero attached hydrogens (tertiary/aromatic N) is 1. The summed E-state index contributed by atoms with van der Waals surface area (Å²) in [4.78, 5) is 12.7. The van der Waals surface area contributed by atoms with Crippen LogP contribution in [-0.2, 0) is 22.4 Å². The van der Waals surface area contributed by atoms with Crippen molar-refractivity contribution in [1.82, 2.24) is 4.57 Å². The predicted octanol–water partition coefficient (Wildman–Crippen LogP) is 2.19. The summed E-state index contributed by atoms with van der Waals surface area (Å²) in [5.74, 6) is 1.99. The van der Waals surface area contributed by atoms with Crippen LogP contribution in [-0.4, -0.2) is 51.3 Å². The minimum absolute atomic E-state index is 0.0724. The van der Waals surface area contributed by atoms with Crippen molar-refractivity contribution in [2.45, 2.75) is 26.0 Å². The van der Waals surface area contributed by atoms with Gasteiger partial charge in [0.05, 0.1) is 39.7 Å². The number of rotatable bonds is 5. The maximum absolute atomic E-state index is 12.7. The predicted molar refractivity (Wildman–Crippen MR) is 104 cm³/mol. The fourth-order valence-electron chi connectivity index (χ4n) is 3.95. The van der Waals surface area contributed by atoms with Gasteiger partial charge in [-0.05, 0) is 25.5 Å². The summed E-state index contributed by atoms with van der Waals surface area (Å²) in [5, 5.41) is 0. The zero-order valence-corrected chi connectivity index (χ0v) is 16.4. The Bertz CT molecular complexity index is 929. The molecule has 0 amide bonds. The molecule has 2 aliphatic heterocycles. The Morgan fingerprint density at radius 2 is 2.04 bits per heavy atom. The molecule has 2 aromatic rings. The first-order chi connectivity index (χ1) is 13.6. The van der Waals surface area contributed by atoms with E-state index in [1.807, 2.05) is 19.1 Å². The molecule has 28 heavy (non-hydrogen) atoms. The van der Waals surface area contributed by atoms with Gasteiger partial charge in [0.25, 0.3) is 5.56 Å². The molecule has 1 fully saturated rings. The normalized spacial score (nSPS) is 18.2. The third-order valence-corrected chi connectivity index (χ3v) is 5.31. The minimum atomic E-state index is -0.122. The SMILES string of the molecule is COc1ccc2c(c1OC)CCn1c-2c(C)c(OC[C@@H]2COCCO2)cc1=O. The molecule has 0 saturated carbocycles. The molecule has 0 aliphatic carbocycles. The van der Waals surface area contributed by atoms with E-state index in [-0.39, 0.29) is 11.7 Å². The highest BCUT2D eigenvalue weighted by molar-refractivity contribution is 5.75. The van der Waals surface area contributed by atoms with Crippen LogP contribution < -0.4 is 19.8 Å². The van der Waals surface area contributed by atoms with Gasteiger partial charge in [-0.25, -0.2) is 0 Å². The first-order valence-electron chi connectivity index (χ1n) is 9.44. The van der Waals surface area contributed by atoms with Crippen molar-refractivity contribution in [2.24, 2.45) is 0 Å². The Morgan fingerprint density at radius 1 is 1.18 bits per heavy atom. The smallest absolute Gasteiger partial charge is 0.254 e. The Kier molecular flexibility index (Phi) is 5.28. The Morgan fingerprint density at radius 3 is 2.75 bits per heavy atom. The fraction of sp³-hybridized carbons (Fsp3) is 0.476. The molecule has 0 spiro atoms. The summed E-state index contributed by atoms with van der Waals surface area (Å²) in [6.07, 6.45) is 0.582. The molecule has 1 aromatic heterocycles. The molecule has 4 rings (SSSR count). The van der Waals surface area contributed by atoms with Crippen LogP contribution in [0.1, 0.15) is 11.1 Å². The van der Waals surface area contributed by atoms with E-state index in [0.29, 0.717) is 50.9 Å². The maximum atomic E-state index is 12.7. The van der Waals surface area contributed by atoms with E-state index >= 15 is 0 Å². The summed E-state index contributed by atoms with van der Waals surface area (Å²) >= 11 is 0. The summed E-state index contributed by atoms with van der Waals surface area (Å²) < 4.78 is 29.8. The Balaban J connectivity index is 1.74. The van der Waals surface area contributed by atoms with E-state index in [0.717, 1.165) is 28.1 Å². The van der Waals surface area contributed by atoms with E-state index in [1.54, 1.807) is 24.9 Å². The standard InChI is InChI=1S/C21H25NO6/c1-13-18(28-12-14-11-26-8-9-27-14)10-19(23)22-7-6-16-15(20(13)22)4-5-17(24-2)21(16)25-3/h4-5,10,14H,6-9,11-12H2,1-3H3/t14-/m0/s1. The number of benzene rings is 1. The van der Waals surface area contributed by atoms with Crippen LogP contribution in [0.15, 0.2) is 23.0 Å². The number of aromatic nitrogens is 1. The second-order valence-electron chi connectivity index (χ2n) is 6.93. The number of pyridine rings is 1. The molecule has 0 bridgehead atoms. The molecule has 1 aromatic carbocycles. The number of hydrogen-bond donors (Lipinski definition) is 0. The van der Waals surface area contributed by atoms with E-state index < -0.39 is 0 Å². The lowest BCUT2D eigenvalue weighted by Crippen LogP contribution is -2.34. The molecule has 150 valence electrons. The van der Waals surface area contributed by atoms with Crippen molar-refractivity contribution >= 4 is 0 Å². The van der Waals surface area contributed by atoms with Crippen LogP contribution in [0.3, 0.4) is 0 Å². The van der Waals surface area contributed by atoms with Gasteiger partial charge in [-0.3, -0.25) is 4.79 Å². The van der Waals surface area contributed by atoms with E-state index in [4.69, 9.17) is 23.7 Å². The van der Waals surface area contributed by atoms with Crippen LogP contribution >= 0.6 is 0 Å². The highest BCUT2D eigenvalue weighted by atomic mass is 16.6. The quantitative estimate of drug-likeness (QED) is 0.784. The summed E-state index contributed by atoms with van der Waals surface area (Å²) in [7, 11) is 3.26. The van der Waals surface area contributed by atoms with E-state index in [1.165, 1.54) is 0 Å². The van der Waals surface area contributed by atoms with Crippen molar-refractivity contribution in [3.8, 4) is 28.5 Å². The van der Waals surface area contributed by atoms with Gasteiger partial charge in [-0.15, -0.1) is 0 Å². The molecule has 0 radical (unpaired) electrons. The van der Waals surface area contributed by atoms with Gasteiger partial charge in [-0.2, -0.15) is 0 Å². The number of fused-ring (bicyclic) bond motifs is 3. The molecule has 7 heteroatoms. The lowest BCUT2D eigenvalue weighted by Gasteiger charge is -2.27. The zero-order chi connectivity index (χ0) is 19.7. The zero-order valence-electron chi connectivity index (χ0n) is 16.4. The first kappa shape index (κ1) is 18.8. The first-order valence-corrected chi connectivity index (χ1v) is 9.44. The van der Waals surface area contributed by atoms with Crippen molar-refractivity contribution < 1.29 is 23.7 Å². The van der Waals surface area contributed by atoms with Gasteiger partial charge in [0.1, 0.15) is 18.5 Å². The topological polar surface area (TPSA) is 68.2 Å². The number of methoxy groups -OCH3 is 2. The van der Waals surface area contributed by atoms with Crippen LogP contribution in [0.2, 0.25) is 0 Å². The third kappa shape index (κ3) is 3.25. The van der Waals surface area contributed by atoms with E-state index in [2.05, 4.69) is 0 Å². The summed E-state index contributed by atoms with van der Waals surface area (Å²) in [5.41, 5.74) is 3.73. The lowest BCUT2D eigenvalue weighted by atomic mass is 9.93. The molecule has 1 atom stereocenters. The van der Waals surface area contributed by atoms with Gasteiger partial charge in [0.2, 0.25) is 0 Å². The summed E-state index contributed by atoms with van der Waals surface area (Å²) in [6, 6.07) is 5.42. The second kappa shape index (κ2) is 7.85. The monoisotopic (exact) mass is 387 g/mol. The highest BCUT2D eigenvalue weighted by Gasteiger charge is 2.26. The highest BCUT2D eigenvalue weighted by Crippen LogP contribution is 2.42. The van der Waals surface area contributed by atoms with Crippen molar-refractivity contribution in [3.05, 3.63) is 39.7 Å². The van der Waals surface area contributed by atoms with Crippen molar-refractivity contribution in [2.75, 3.05) is 40.6 Å². The number of ether oxygens (including phenoxy) is 5. The molecular weight excluding hydrogens is 362 g/mol. The molecule has 2 aliphatic rings. The molecule has 3 heterocycles. The largest absolute Gasteiger partial charge is 0.493 e. The van der Waals surface area contributed by atoms with Crippen molar-refractivity contribution in [3.63, 3.8) is 0 Å². The Labute approximate surface area is 163 Å². The van der Waals surface area contributed by atoms with Crippen molar-refractivity contribution in [1.29, 1.82) is 0 Å². The van der Waals surface area contributed by atoms with Crippen LogP contribution in [0, 0.1) is 6.92 Å². The average Bonchev–Trinajstić information content (AvgIpc) is 2.74. The van der Waals surface area contributed by atoms with Crippen LogP contribution in [0.4, 0.5) is 0 Å². The lowest BCUT2D eigenvalue weighted by molar-refractivity contribution is -0.101. The molecule has 7 nitrogen and oxygen atoms in total. The third-order valence-electron chi connectivity index (χ3n) is 5.31. The van der Waals surface area contributed by atoms with Gasteiger partial charge in [0.15, 0.2) is 11.5 Å². The molecule has 1 saturated heterocycles. The van der Waals surface area contributed by atoms with Crippen LogP contribution in [0.5, 0.6) is 17.2 Å². The fourth-order valence-corrected chi connectivity index (χ4v) is 3.95. The molecule has 0 N–H and O–H groups in total. The van der Waals surface area contributed by atoms with E-state index in [9.17, 15) is 4.79 Å². The Hall–Kier alpha value is -2.51. The summed E-state index contributed by atoms with van der Waals surface area (Å²) in [6.45, 7) is 4.59. The maximum Gasteiger partial charge on any atom is 0.254 e. The van der Waals surface area contributed by atoms with Gasteiger partial charge in [-0.1, -0.05) is 0 Å². The number of hydrogen-bond acceptors (Lipinski definition) is 6. The van der Waals surface area contributed by atoms with Gasteiger partial charge < -0.3 is 28.3 Å². The second-order valence-corrected chi connectivity index (χ2v) is 6.93. The molecular formula is C21H25NO6. The van der Waals surface area contributed by atoms with Gasteiger partial charge in [0, 0.05) is 29.3 Å². The van der Waals surface area contributed by atoms with Gasteiger partial charge >= 0.3 is 0 Å². The molecule has 0 unspecified atom stereocenters. The average molecular weight is 387 g/mol. The van der Waals surface area contributed by atoms with Crippen LogP contribution in [0.25, 0.3) is 11.3 Å². The minimum Gasteiger partial charge on any atom is -0.493 e.